The van der Waals surface area contributed by atoms with Crippen molar-refractivity contribution in [2.75, 3.05) is 5.32 Å². The predicted molar refractivity (Wildman–Crippen MR) is 83.3 cm³/mol. The Bertz CT molecular complexity index is 462. The van der Waals surface area contributed by atoms with Crippen molar-refractivity contribution in [3.63, 3.8) is 0 Å². The summed E-state index contributed by atoms with van der Waals surface area (Å²) in [4.78, 5) is 12.7. The number of carbonyl (C=O) groups is 1. The highest BCUT2D eigenvalue weighted by molar-refractivity contribution is 5.95. The van der Waals surface area contributed by atoms with Crippen LogP contribution < -0.4 is 11.1 Å². The summed E-state index contributed by atoms with van der Waals surface area (Å²) in [6, 6.07) is 7.84. The van der Waals surface area contributed by atoms with Gasteiger partial charge in [-0.1, -0.05) is 38.8 Å². The number of anilines is 1. The number of hydrogen-bond donors (Lipinski definition) is 2. The zero-order valence-corrected chi connectivity index (χ0v) is 12.6. The van der Waals surface area contributed by atoms with Crippen LogP contribution in [0.3, 0.4) is 0 Å². The second-order valence-electron chi connectivity index (χ2n) is 6.44. The highest BCUT2D eigenvalue weighted by atomic mass is 16.2. The maximum atomic E-state index is 12.7. The zero-order chi connectivity index (χ0) is 14.6. The van der Waals surface area contributed by atoms with Crippen molar-refractivity contribution in [3.8, 4) is 0 Å². The summed E-state index contributed by atoms with van der Waals surface area (Å²) in [5.74, 6) is 0.743. The van der Waals surface area contributed by atoms with Gasteiger partial charge in [0.15, 0.2) is 0 Å². The molecular weight excluding hydrogens is 248 g/mol. The second kappa shape index (κ2) is 6.40. The van der Waals surface area contributed by atoms with E-state index in [1.54, 1.807) is 0 Å². The molecule has 1 saturated carbocycles. The summed E-state index contributed by atoms with van der Waals surface area (Å²) in [7, 11) is 0. The Labute approximate surface area is 121 Å². The van der Waals surface area contributed by atoms with Gasteiger partial charge in [0.1, 0.15) is 0 Å². The lowest BCUT2D eigenvalue weighted by molar-refractivity contribution is -0.126. The van der Waals surface area contributed by atoms with Crippen LogP contribution in [0.15, 0.2) is 24.3 Å². The van der Waals surface area contributed by atoms with Gasteiger partial charge in [0.05, 0.1) is 0 Å². The average Bonchev–Trinajstić information content (AvgIpc) is 2.88. The third-order valence-corrected chi connectivity index (χ3v) is 4.26. The van der Waals surface area contributed by atoms with Gasteiger partial charge in [-0.3, -0.25) is 4.79 Å². The van der Waals surface area contributed by atoms with Crippen molar-refractivity contribution in [2.45, 2.75) is 52.5 Å². The molecule has 0 heterocycles. The van der Waals surface area contributed by atoms with E-state index in [9.17, 15) is 4.79 Å². The molecule has 0 saturated heterocycles. The third kappa shape index (κ3) is 3.40. The molecule has 0 atom stereocenters. The van der Waals surface area contributed by atoms with Crippen LogP contribution in [0, 0.1) is 11.3 Å². The summed E-state index contributed by atoms with van der Waals surface area (Å²) in [5.41, 5.74) is 7.41. The van der Waals surface area contributed by atoms with Gasteiger partial charge in [0.2, 0.25) is 5.91 Å². The van der Waals surface area contributed by atoms with Gasteiger partial charge >= 0.3 is 0 Å². The molecule has 1 aromatic carbocycles. The van der Waals surface area contributed by atoms with Gasteiger partial charge in [0, 0.05) is 17.6 Å². The number of nitrogens with one attached hydrogen (secondary N) is 1. The van der Waals surface area contributed by atoms with E-state index < -0.39 is 0 Å². The van der Waals surface area contributed by atoms with Crippen LogP contribution in [0.25, 0.3) is 0 Å². The van der Waals surface area contributed by atoms with Crippen LogP contribution in [0.4, 0.5) is 5.69 Å². The minimum Gasteiger partial charge on any atom is -0.326 e. The lowest BCUT2D eigenvalue weighted by atomic mass is 9.77. The number of rotatable bonds is 5. The molecule has 110 valence electrons. The first-order chi connectivity index (χ1) is 9.55. The molecule has 3 N–H and O–H groups in total. The van der Waals surface area contributed by atoms with Crippen LogP contribution in [-0.2, 0) is 11.3 Å². The van der Waals surface area contributed by atoms with E-state index in [0.717, 1.165) is 30.5 Å². The van der Waals surface area contributed by atoms with E-state index in [1.807, 2.05) is 24.3 Å². The second-order valence-corrected chi connectivity index (χ2v) is 6.44. The number of carbonyl (C=O) groups excluding carboxylic acids is 1. The van der Waals surface area contributed by atoms with Crippen LogP contribution in [-0.4, -0.2) is 5.91 Å². The Kier molecular flexibility index (Phi) is 4.81. The number of amides is 1. The van der Waals surface area contributed by atoms with Crippen LogP contribution in [0.1, 0.15) is 51.5 Å². The summed E-state index contributed by atoms with van der Waals surface area (Å²) >= 11 is 0. The molecule has 3 heteroatoms. The highest BCUT2D eigenvalue weighted by Crippen LogP contribution is 2.44. The topological polar surface area (TPSA) is 55.1 Å². The molecular formula is C17H26N2O. The monoisotopic (exact) mass is 274 g/mol. The lowest BCUT2D eigenvalue weighted by Gasteiger charge is -2.29. The minimum atomic E-state index is -0.160. The molecule has 1 aliphatic rings. The smallest absolute Gasteiger partial charge is 0.230 e. The molecule has 0 aliphatic heterocycles. The Balaban J connectivity index is 2.12. The van der Waals surface area contributed by atoms with Crippen molar-refractivity contribution in [3.05, 3.63) is 29.8 Å². The van der Waals surface area contributed by atoms with E-state index in [-0.39, 0.29) is 11.3 Å². The van der Waals surface area contributed by atoms with Crippen molar-refractivity contribution < 1.29 is 4.79 Å². The third-order valence-electron chi connectivity index (χ3n) is 4.26. The maximum absolute atomic E-state index is 12.7. The number of benzene rings is 1. The first-order valence-corrected chi connectivity index (χ1v) is 7.66. The van der Waals surface area contributed by atoms with Crippen molar-refractivity contribution >= 4 is 11.6 Å². The Morgan fingerprint density at radius 1 is 1.35 bits per heavy atom. The van der Waals surface area contributed by atoms with E-state index in [4.69, 9.17) is 5.73 Å². The molecule has 3 nitrogen and oxygen atoms in total. The molecule has 0 spiro atoms. The molecule has 0 unspecified atom stereocenters. The summed E-state index contributed by atoms with van der Waals surface area (Å²) in [6.07, 6.45) is 5.36. The molecule has 0 radical (unpaired) electrons. The maximum Gasteiger partial charge on any atom is 0.230 e. The first-order valence-electron chi connectivity index (χ1n) is 7.66. The standard InChI is InChI=1S/C17H26N2O/c1-13(2)11-17(8-3-4-9-17)16(20)19-15-7-5-6-14(10-15)12-18/h5-7,10,13H,3-4,8-9,11-12,18H2,1-2H3,(H,19,20). The van der Waals surface area contributed by atoms with Crippen LogP contribution >= 0.6 is 0 Å². The largest absolute Gasteiger partial charge is 0.326 e. The van der Waals surface area contributed by atoms with E-state index >= 15 is 0 Å². The SMILES string of the molecule is CC(C)CC1(C(=O)Nc2cccc(CN)c2)CCCC1. The van der Waals surface area contributed by atoms with Gasteiger partial charge in [-0.15, -0.1) is 0 Å². The van der Waals surface area contributed by atoms with E-state index in [0.29, 0.717) is 12.5 Å². The normalized spacial score (nSPS) is 17.4. The fourth-order valence-electron chi connectivity index (χ4n) is 3.40. The van der Waals surface area contributed by atoms with Crippen molar-refractivity contribution in [2.24, 2.45) is 17.1 Å². The lowest BCUT2D eigenvalue weighted by Crippen LogP contribution is -2.35. The molecule has 20 heavy (non-hydrogen) atoms. The number of hydrogen-bond acceptors (Lipinski definition) is 2. The highest BCUT2D eigenvalue weighted by Gasteiger charge is 2.41. The van der Waals surface area contributed by atoms with Crippen molar-refractivity contribution in [1.82, 2.24) is 0 Å². The molecule has 1 fully saturated rings. The van der Waals surface area contributed by atoms with E-state index in [2.05, 4.69) is 19.2 Å². The summed E-state index contributed by atoms with van der Waals surface area (Å²) in [6.45, 7) is 4.89. The molecule has 1 aromatic rings. The summed E-state index contributed by atoms with van der Waals surface area (Å²) in [5, 5.41) is 3.11. The Morgan fingerprint density at radius 3 is 2.65 bits per heavy atom. The van der Waals surface area contributed by atoms with Gasteiger partial charge in [-0.2, -0.15) is 0 Å². The molecule has 1 aliphatic carbocycles. The van der Waals surface area contributed by atoms with Crippen LogP contribution in [0.5, 0.6) is 0 Å². The van der Waals surface area contributed by atoms with Gasteiger partial charge < -0.3 is 11.1 Å². The molecule has 0 bridgehead atoms. The fourth-order valence-corrected chi connectivity index (χ4v) is 3.40. The molecule has 1 amide bonds. The Morgan fingerprint density at radius 2 is 2.05 bits per heavy atom. The van der Waals surface area contributed by atoms with Crippen LogP contribution in [0.2, 0.25) is 0 Å². The zero-order valence-electron chi connectivity index (χ0n) is 12.6. The first kappa shape index (κ1) is 15.0. The minimum absolute atomic E-state index is 0.160. The predicted octanol–water partition coefficient (Wildman–Crippen LogP) is 3.69. The van der Waals surface area contributed by atoms with Gasteiger partial charge in [-0.25, -0.2) is 0 Å². The quantitative estimate of drug-likeness (QED) is 0.860. The van der Waals surface area contributed by atoms with Gasteiger partial charge in [0.25, 0.3) is 0 Å². The number of nitrogens with two attached hydrogens (primary N) is 1. The fraction of sp³-hybridized carbons (Fsp3) is 0.588. The summed E-state index contributed by atoms with van der Waals surface area (Å²) < 4.78 is 0. The van der Waals surface area contributed by atoms with Crippen molar-refractivity contribution in [1.29, 1.82) is 0 Å². The molecule has 0 aromatic heterocycles. The molecule has 2 rings (SSSR count). The Hall–Kier alpha value is -1.35. The van der Waals surface area contributed by atoms with E-state index in [1.165, 1.54) is 12.8 Å². The average molecular weight is 274 g/mol. The van der Waals surface area contributed by atoms with Gasteiger partial charge in [-0.05, 0) is 42.9 Å².